The first-order valence-corrected chi connectivity index (χ1v) is 6.60. The Balaban J connectivity index is 2.42. The Bertz CT molecular complexity index is 806. The number of hydrogen-bond donors (Lipinski definition) is 3. The number of aryl methyl sites for hydroxylation is 1. The Kier molecular flexibility index (Phi) is 4.54. The van der Waals surface area contributed by atoms with Crippen LogP contribution >= 0.6 is 0 Å². The number of nitrogens with one attached hydrogen (secondary N) is 1. The van der Waals surface area contributed by atoms with Gasteiger partial charge in [0.05, 0.1) is 17.5 Å². The van der Waals surface area contributed by atoms with E-state index in [9.17, 15) is 18.8 Å². The number of carbonyl (C=O) groups is 3. The highest BCUT2D eigenvalue weighted by molar-refractivity contribution is 6.07. The van der Waals surface area contributed by atoms with Gasteiger partial charge in [-0.3, -0.25) is 14.6 Å². The third kappa shape index (κ3) is 3.79. The predicted octanol–water partition coefficient (Wildman–Crippen LogP) is 1.34. The maximum Gasteiger partial charge on any atom is 0.326 e. The van der Waals surface area contributed by atoms with Gasteiger partial charge in [0.2, 0.25) is 0 Å². The highest BCUT2D eigenvalue weighted by Gasteiger charge is 2.24. The number of hydrogen-bond acceptors (Lipinski definition) is 4. The second-order valence-corrected chi connectivity index (χ2v) is 4.93. The number of rotatable bonds is 5. The van der Waals surface area contributed by atoms with Crippen molar-refractivity contribution in [3.63, 3.8) is 0 Å². The summed E-state index contributed by atoms with van der Waals surface area (Å²) in [5.74, 6) is -4.21. The SMILES string of the molecule is Cc1cc(C(=O)NC(CC(=O)O)C(=O)O)c2cc(F)ccc2n1. The zero-order chi connectivity index (χ0) is 17.1. The Hall–Kier alpha value is -3.03. The molecule has 0 fully saturated rings. The molecule has 8 heteroatoms. The number of carboxylic acids is 2. The summed E-state index contributed by atoms with van der Waals surface area (Å²) in [6.07, 6.45) is -0.766. The van der Waals surface area contributed by atoms with Crippen LogP contribution in [0.1, 0.15) is 22.5 Å². The van der Waals surface area contributed by atoms with Gasteiger partial charge < -0.3 is 15.5 Å². The smallest absolute Gasteiger partial charge is 0.326 e. The summed E-state index contributed by atoms with van der Waals surface area (Å²) in [6, 6.07) is 3.51. The highest BCUT2D eigenvalue weighted by atomic mass is 19.1. The number of carbonyl (C=O) groups excluding carboxylic acids is 1. The predicted molar refractivity (Wildman–Crippen MR) is 77.6 cm³/mol. The van der Waals surface area contributed by atoms with Crippen LogP contribution in [0, 0.1) is 12.7 Å². The molecular formula is C15H13FN2O5. The molecule has 1 unspecified atom stereocenters. The molecule has 2 rings (SSSR count). The van der Waals surface area contributed by atoms with E-state index in [0.29, 0.717) is 11.2 Å². The minimum atomic E-state index is -1.59. The number of aliphatic carboxylic acids is 2. The van der Waals surface area contributed by atoms with E-state index >= 15 is 0 Å². The lowest BCUT2D eigenvalue weighted by atomic mass is 10.1. The van der Waals surface area contributed by atoms with Crippen molar-refractivity contribution in [1.82, 2.24) is 10.3 Å². The number of halogens is 1. The first-order chi connectivity index (χ1) is 10.8. The zero-order valence-electron chi connectivity index (χ0n) is 12.0. The molecule has 23 heavy (non-hydrogen) atoms. The molecule has 2 aromatic rings. The molecule has 3 N–H and O–H groups in total. The van der Waals surface area contributed by atoms with Crippen molar-refractivity contribution < 1.29 is 29.0 Å². The lowest BCUT2D eigenvalue weighted by molar-refractivity contribution is -0.145. The Labute approximate surface area is 129 Å². The second kappa shape index (κ2) is 6.39. The van der Waals surface area contributed by atoms with Gasteiger partial charge in [0.1, 0.15) is 11.9 Å². The number of benzene rings is 1. The van der Waals surface area contributed by atoms with Crippen molar-refractivity contribution in [1.29, 1.82) is 0 Å². The summed E-state index contributed by atoms with van der Waals surface area (Å²) in [7, 11) is 0. The minimum Gasteiger partial charge on any atom is -0.481 e. The molecule has 0 radical (unpaired) electrons. The fourth-order valence-electron chi connectivity index (χ4n) is 2.13. The molecule has 0 saturated heterocycles. The molecule has 0 aliphatic heterocycles. The number of pyridine rings is 1. The maximum atomic E-state index is 13.4. The summed E-state index contributed by atoms with van der Waals surface area (Å²) in [4.78, 5) is 38.2. The molecule has 1 heterocycles. The van der Waals surface area contributed by atoms with Gasteiger partial charge in [-0.2, -0.15) is 0 Å². The standard InChI is InChI=1S/C15H13FN2O5/c1-7-4-10(9-5-8(16)2-3-11(9)17-7)14(21)18-12(15(22)23)6-13(19)20/h2-5,12H,6H2,1H3,(H,18,21)(H,19,20)(H,22,23). The van der Waals surface area contributed by atoms with Crippen LogP contribution < -0.4 is 5.32 Å². The van der Waals surface area contributed by atoms with E-state index in [0.717, 1.165) is 6.07 Å². The van der Waals surface area contributed by atoms with E-state index in [4.69, 9.17) is 10.2 Å². The van der Waals surface area contributed by atoms with Crippen LogP contribution in [0.15, 0.2) is 24.3 Å². The van der Waals surface area contributed by atoms with Gasteiger partial charge in [0.15, 0.2) is 0 Å². The summed E-state index contributed by atoms with van der Waals surface area (Å²) < 4.78 is 13.4. The van der Waals surface area contributed by atoms with E-state index in [-0.39, 0.29) is 10.9 Å². The minimum absolute atomic E-state index is 0.0311. The van der Waals surface area contributed by atoms with Gasteiger partial charge in [0.25, 0.3) is 5.91 Å². The van der Waals surface area contributed by atoms with Crippen LogP contribution in [0.3, 0.4) is 0 Å². The van der Waals surface area contributed by atoms with Crippen molar-refractivity contribution in [2.75, 3.05) is 0 Å². The number of carboxylic acid groups (broad SMARTS) is 2. The molecule has 0 aliphatic carbocycles. The molecule has 1 aromatic heterocycles. The van der Waals surface area contributed by atoms with E-state index < -0.39 is 36.1 Å². The van der Waals surface area contributed by atoms with E-state index in [1.807, 2.05) is 0 Å². The molecule has 0 bridgehead atoms. The molecule has 7 nitrogen and oxygen atoms in total. The molecular weight excluding hydrogens is 307 g/mol. The van der Waals surface area contributed by atoms with Crippen LogP contribution in [0.25, 0.3) is 10.9 Å². The fourth-order valence-corrected chi connectivity index (χ4v) is 2.13. The highest BCUT2D eigenvalue weighted by Crippen LogP contribution is 2.20. The normalized spacial score (nSPS) is 11.9. The molecule has 0 spiro atoms. The molecule has 1 amide bonds. The monoisotopic (exact) mass is 320 g/mol. The van der Waals surface area contributed by atoms with Gasteiger partial charge in [-0.15, -0.1) is 0 Å². The van der Waals surface area contributed by atoms with E-state index in [1.165, 1.54) is 18.2 Å². The Morgan fingerprint density at radius 3 is 2.57 bits per heavy atom. The summed E-state index contributed by atoms with van der Waals surface area (Å²) >= 11 is 0. The molecule has 120 valence electrons. The van der Waals surface area contributed by atoms with E-state index in [1.54, 1.807) is 6.92 Å². The fraction of sp³-hybridized carbons (Fsp3) is 0.200. The number of amides is 1. The van der Waals surface area contributed by atoms with Crippen LogP contribution in [0.5, 0.6) is 0 Å². The average molecular weight is 320 g/mol. The lowest BCUT2D eigenvalue weighted by Gasteiger charge is -2.14. The summed E-state index contributed by atoms with van der Waals surface area (Å²) in [5, 5.41) is 20.0. The molecule has 0 aliphatic rings. The third-order valence-corrected chi connectivity index (χ3v) is 3.13. The van der Waals surface area contributed by atoms with Crippen LogP contribution in [0.2, 0.25) is 0 Å². The van der Waals surface area contributed by atoms with Crippen LogP contribution in [-0.2, 0) is 9.59 Å². The third-order valence-electron chi connectivity index (χ3n) is 3.13. The molecule has 1 atom stereocenters. The first kappa shape index (κ1) is 16.3. The molecule has 0 saturated carbocycles. The van der Waals surface area contributed by atoms with E-state index in [2.05, 4.69) is 10.3 Å². The van der Waals surface area contributed by atoms with Gasteiger partial charge in [0, 0.05) is 11.1 Å². The van der Waals surface area contributed by atoms with Crippen molar-refractivity contribution in [2.24, 2.45) is 0 Å². The van der Waals surface area contributed by atoms with Crippen molar-refractivity contribution >= 4 is 28.7 Å². The molecule has 1 aromatic carbocycles. The number of aromatic nitrogens is 1. The summed E-state index contributed by atoms with van der Waals surface area (Å²) in [6.45, 7) is 1.63. The topological polar surface area (TPSA) is 117 Å². The van der Waals surface area contributed by atoms with Crippen LogP contribution in [-0.4, -0.2) is 39.1 Å². The quantitative estimate of drug-likeness (QED) is 0.765. The maximum absolute atomic E-state index is 13.4. The summed E-state index contributed by atoms with van der Waals surface area (Å²) in [5.41, 5.74) is 0.893. The van der Waals surface area contributed by atoms with Crippen LogP contribution in [0.4, 0.5) is 4.39 Å². The largest absolute Gasteiger partial charge is 0.481 e. The van der Waals surface area contributed by atoms with Crippen molar-refractivity contribution in [2.45, 2.75) is 19.4 Å². The zero-order valence-corrected chi connectivity index (χ0v) is 12.0. The van der Waals surface area contributed by atoms with Gasteiger partial charge in [-0.05, 0) is 31.2 Å². The van der Waals surface area contributed by atoms with Crippen molar-refractivity contribution in [3.05, 3.63) is 41.3 Å². The second-order valence-electron chi connectivity index (χ2n) is 4.93. The van der Waals surface area contributed by atoms with Gasteiger partial charge in [-0.25, -0.2) is 9.18 Å². The number of fused-ring (bicyclic) bond motifs is 1. The Morgan fingerprint density at radius 1 is 1.26 bits per heavy atom. The number of nitrogens with zero attached hydrogens (tertiary/aromatic N) is 1. The first-order valence-electron chi connectivity index (χ1n) is 6.60. The van der Waals surface area contributed by atoms with Gasteiger partial charge in [-0.1, -0.05) is 0 Å². The lowest BCUT2D eigenvalue weighted by Crippen LogP contribution is -2.42. The van der Waals surface area contributed by atoms with Gasteiger partial charge >= 0.3 is 11.9 Å². The average Bonchev–Trinajstić information content (AvgIpc) is 2.45. The Morgan fingerprint density at radius 2 is 1.96 bits per heavy atom. The van der Waals surface area contributed by atoms with Crippen molar-refractivity contribution in [3.8, 4) is 0 Å².